The van der Waals surface area contributed by atoms with Gasteiger partial charge in [0.15, 0.2) is 11.6 Å². The summed E-state index contributed by atoms with van der Waals surface area (Å²) in [6, 6.07) is 5.00. The standard InChI is InChI=1S/C25H24F6N/c1-32-12-10-16-13-19-18-9-8-17(23(27)20(18)21(19)24(28)22(16)26)15-6-4-14(5-7-15)3-2-11-25(29,30)31/h8-9,12-15H,1-7,10-11H2/q+1. The van der Waals surface area contributed by atoms with Crippen molar-refractivity contribution in [1.29, 1.82) is 0 Å². The molecular weight excluding hydrogens is 428 g/mol. The molecule has 0 radical (unpaired) electrons. The molecule has 0 amide bonds. The van der Waals surface area contributed by atoms with Crippen LogP contribution in [0.25, 0.3) is 0 Å². The van der Waals surface area contributed by atoms with Crippen molar-refractivity contribution in [3.05, 3.63) is 67.7 Å². The van der Waals surface area contributed by atoms with Gasteiger partial charge in [0.25, 0.3) is 12.9 Å². The van der Waals surface area contributed by atoms with E-state index < -0.39 is 30.0 Å². The summed E-state index contributed by atoms with van der Waals surface area (Å²) < 4.78 is 85.2. The first-order valence-corrected chi connectivity index (χ1v) is 10.9. The van der Waals surface area contributed by atoms with Gasteiger partial charge in [-0.1, -0.05) is 18.6 Å². The average molecular weight is 452 g/mol. The summed E-state index contributed by atoms with van der Waals surface area (Å²) in [6.45, 7) is 3.30. The van der Waals surface area contributed by atoms with Crippen molar-refractivity contribution < 1.29 is 26.3 Å². The zero-order valence-electron chi connectivity index (χ0n) is 17.5. The largest absolute Gasteiger partial charge is 0.389 e. The molecule has 0 spiro atoms. The molecule has 0 heterocycles. The van der Waals surface area contributed by atoms with Crippen molar-refractivity contribution in [2.45, 2.75) is 63.5 Å². The minimum absolute atomic E-state index is 0.0204. The molecule has 1 saturated carbocycles. The number of benzene rings is 2. The van der Waals surface area contributed by atoms with E-state index in [4.69, 9.17) is 0 Å². The van der Waals surface area contributed by atoms with Gasteiger partial charge in [0.05, 0.1) is 6.42 Å². The zero-order valence-corrected chi connectivity index (χ0v) is 17.5. The van der Waals surface area contributed by atoms with Gasteiger partial charge in [-0.3, -0.25) is 0 Å². The summed E-state index contributed by atoms with van der Waals surface area (Å²) >= 11 is 0. The third-order valence-corrected chi connectivity index (χ3v) is 6.79. The fraction of sp³-hybridized carbons (Fsp3) is 0.440. The number of rotatable bonds is 6. The minimum atomic E-state index is -4.13. The molecule has 2 aliphatic carbocycles. The molecule has 7 heteroatoms. The van der Waals surface area contributed by atoms with Crippen molar-refractivity contribution in [2.75, 3.05) is 0 Å². The maximum atomic E-state index is 15.4. The Labute approximate surface area is 181 Å². The number of fused-ring (bicyclic) bond motifs is 2. The molecule has 0 atom stereocenters. The summed E-state index contributed by atoms with van der Waals surface area (Å²) in [7, 11) is 0. The van der Waals surface area contributed by atoms with E-state index in [2.05, 4.69) is 11.4 Å². The van der Waals surface area contributed by atoms with Crippen LogP contribution < -0.4 is 4.67 Å². The van der Waals surface area contributed by atoms with E-state index in [0.717, 1.165) is 12.8 Å². The van der Waals surface area contributed by atoms with E-state index in [1.54, 1.807) is 12.1 Å². The summed E-state index contributed by atoms with van der Waals surface area (Å²) in [4.78, 5) is 0. The van der Waals surface area contributed by atoms with Crippen LogP contribution in [0.4, 0.5) is 26.3 Å². The Hall–Kier alpha value is -2.53. The van der Waals surface area contributed by atoms with Gasteiger partial charge in [-0.25, -0.2) is 13.2 Å². The van der Waals surface area contributed by atoms with Gasteiger partial charge in [-0.15, -0.1) is 4.67 Å². The molecule has 0 aromatic heterocycles. The number of hydrogen-bond acceptors (Lipinski definition) is 0. The van der Waals surface area contributed by atoms with Crippen LogP contribution in [0.5, 0.6) is 0 Å². The molecule has 2 aromatic carbocycles. The van der Waals surface area contributed by atoms with E-state index in [0.29, 0.717) is 35.3 Å². The van der Waals surface area contributed by atoms with E-state index in [1.807, 2.05) is 0 Å². The van der Waals surface area contributed by atoms with Crippen LogP contribution in [-0.2, 0) is 6.42 Å². The molecule has 0 N–H and O–H groups in total. The molecule has 0 bridgehead atoms. The molecule has 4 rings (SSSR count). The van der Waals surface area contributed by atoms with Crippen LogP contribution in [0.15, 0.2) is 18.2 Å². The first-order chi connectivity index (χ1) is 15.2. The SMILES string of the molecule is C=[N+]=CCc1cc2c(c(F)c1F)=c1c(F)c(C3CCC(CCCC(F)(F)F)CC3)ccc1=2. The molecule has 1 nitrogen and oxygen atoms in total. The van der Waals surface area contributed by atoms with Crippen LogP contribution in [0.3, 0.4) is 0 Å². The predicted octanol–water partition coefficient (Wildman–Crippen LogP) is 6.38. The lowest BCUT2D eigenvalue weighted by atomic mass is 9.76. The number of halogens is 6. The third kappa shape index (κ3) is 4.23. The second kappa shape index (κ2) is 8.78. The minimum Gasteiger partial charge on any atom is -0.206 e. The molecule has 2 aromatic rings. The molecule has 1 fully saturated rings. The summed E-state index contributed by atoms with van der Waals surface area (Å²) in [5, 5.41) is 1.16. The highest BCUT2D eigenvalue weighted by atomic mass is 19.4. The molecule has 32 heavy (non-hydrogen) atoms. The smallest absolute Gasteiger partial charge is 0.206 e. The monoisotopic (exact) mass is 452 g/mol. The maximum Gasteiger partial charge on any atom is 0.389 e. The van der Waals surface area contributed by atoms with Gasteiger partial charge in [0.1, 0.15) is 5.82 Å². The van der Waals surface area contributed by atoms with E-state index in [-0.39, 0.29) is 40.7 Å². The van der Waals surface area contributed by atoms with Crippen LogP contribution in [-0.4, -0.2) is 19.1 Å². The predicted molar refractivity (Wildman–Crippen MR) is 112 cm³/mol. The number of nitrogens with zero attached hydrogens (tertiary/aromatic N) is 1. The second-order valence-electron chi connectivity index (χ2n) is 8.77. The van der Waals surface area contributed by atoms with Gasteiger partial charge in [-0.2, -0.15) is 13.2 Å². The summed E-state index contributed by atoms with van der Waals surface area (Å²) in [6.07, 6.45) is 0.0872. The van der Waals surface area contributed by atoms with Crippen LogP contribution in [0, 0.1) is 44.2 Å². The fourth-order valence-electron chi connectivity index (χ4n) is 5.11. The first-order valence-electron chi connectivity index (χ1n) is 10.9. The molecular formula is C25H24F6N+. The lowest BCUT2D eigenvalue weighted by Gasteiger charge is -2.29. The van der Waals surface area contributed by atoms with Gasteiger partial charge in [-0.05, 0) is 66.0 Å². The van der Waals surface area contributed by atoms with Gasteiger partial charge < -0.3 is 0 Å². The lowest BCUT2D eigenvalue weighted by Crippen LogP contribution is -2.16. The summed E-state index contributed by atoms with van der Waals surface area (Å²) in [5.41, 5.74) is 0.629. The maximum absolute atomic E-state index is 15.4. The van der Waals surface area contributed by atoms with Crippen molar-refractivity contribution >= 4 is 12.9 Å². The number of hydrogen-bond donors (Lipinski definition) is 0. The van der Waals surface area contributed by atoms with Gasteiger partial charge >= 0.3 is 6.18 Å². The van der Waals surface area contributed by atoms with Crippen molar-refractivity contribution in [2.24, 2.45) is 5.92 Å². The Morgan fingerprint density at radius 2 is 1.62 bits per heavy atom. The topological polar surface area (TPSA) is 14.1 Å². The van der Waals surface area contributed by atoms with E-state index in [9.17, 15) is 22.0 Å². The van der Waals surface area contributed by atoms with Crippen molar-refractivity contribution in [3.8, 4) is 0 Å². The normalized spacial score (nSPS) is 19.6. The molecule has 0 saturated heterocycles. The lowest BCUT2D eigenvalue weighted by molar-refractivity contribution is -0.136. The van der Waals surface area contributed by atoms with Crippen molar-refractivity contribution in [3.63, 3.8) is 0 Å². The zero-order chi connectivity index (χ0) is 23.0. The van der Waals surface area contributed by atoms with Crippen LogP contribution in [0.1, 0.15) is 62.0 Å². The Morgan fingerprint density at radius 3 is 2.28 bits per heavy atom. The third-order valence-electron chi connectivity index (χ3n) is 6.79. The molecule has 0 unspecified atom stereocenters. The van der Waals surface area contributed by atoms with Gasteiger partial charge in [0, 0.05) is 22.4 Å². The molecule has 0 aliphatic heterocycles. The van der Waals surface area contributed by atoms with E-state index in [1.165, 1.54) is 12.3 Å². The molecule has 2 aliphatic rings. The van der Waals surface area contributed by atoms with Crippen molar-refractivity contribution in [1.82, 2.24) is 4.67 Å². The summed E-state index contributed by atoms with van der Waals surface area (Å²) in [5.74, 6) is -2.41. The highest BCUT2D eigenvalue weighted by Crippen LogP contribution is 2.40. The Kier molecular flexibility index (Phi) is 6.22. The second-order valence-corrected chi connectivity index (χ2v) is 8.77. The van der Waals surface area contributed by atoms with E-state index >= 15 is 4.39 Å². The average Bonchev–Trinajstić information content (AvgIpc) is 2.73. The Morgan fingerprint density at radius 1 is 0.938 bits per heavy atom. The van der Waals surface area contributed by atoms with Gasteiger partial charge in [0.2, 0.25) is 0 Å². The Bertz CT molecular complexity index is 1270. The van der Waals surface area contributed by atoms with Crippen LogP contribution >= 0.6 is 0 Å². The highest BCUT2D eigenvalue weighted by Gasteiger charge is 2.29. The fourth-order valence-corrected chi connectivity index (χ4v) is 5.11. The quantitative estimate of drug-likeness (QED) is 0.234. The Balaban J connectivity index is 1.56. The number of alkyl halides is 3. The van der Waals surface area contributed by atoms with Crippen LogP contribution in [0.2, 0.25) is 0 Å². The highest BCUT2D eigenvalue weighted by molar-refractivity contribution is 5.62. The molecule has 170 valence electrons. The first kappa shape index (κ1) is 22.7.